The molecule has 0 spiro atoms. The van der Waals surface area contributed by atoms with Crippen molar-refractivity contribution in [3.63, 3.8) is 0 Å². The van der Waals surface area contributed by atoms with Crippen molar-refractivity contribution in [1.29, 1.82) is 0 Å². The van der Waals surface area contributed by atoms with Crippen LogP contribution in [0.2, 0.25) is 0 Å². The van der Waals surface area contributed by atoms with Crippen LogP contribution in [0.3, 0.4) is 0 Å². The smallest absolute Gasteiger partial charge is 0.417 e. The van der Waals surface area contributed by atoms with Crippen molar-refractivity contribution >= 4 is 12.2 Å². The Labute approximate surface area is 92.3 Å². The van der Waals surface area contributed by atoms with E-state index in [-0.39, 0.29) is 0 Å². The molecule has 6 nitrogen and oxygen atoms in total. The summed E-state index contributed by atoms with van der Waals surface area (Å²) in [5.74, 6) is 0. The van der Waals surface area contributed by atoms with E-state index in [1.165, 1.54) is 48.1 Å². The molecule has 0 amide bonds. The largest absolute Gasteiger partial charge is 0.452 e. The molecule has 0 aliphatic rings. The number of ether oxygens (including phenoxy) is 2. The molecule has 0 saturated heterocycles. The number of hydrogen-bond acceptors (Lipinski definition) is 4. The van der Waals surface area contributed by atoms with Gasteiger partial charge in [-0.25, -0.2) is 9.59 Å². The number of carbonyl (C=O) groups excluding carboxylic acids is 2. The summed E-state index contributed by atoms with van der Waals surface area (Å²) >= 11 is 0. The summed E-state index contributed by atoms with van der Waals surface area (Å²) in [7, 11) is 2.55. The van der Waals surface area contributed by atoms with E-state index in [4.69, 9.17) is 0 Å². The lowest BCUT2D eigenvalue weighted by Crippen LogP contribution is -2.13. The standard InChI is InChI=1S/C10H12N2O4/c1-15-9(13)11-5-3-4-6-12(8-7-11)10(14)16-2/h3-8H,1-2H3. The van der Waals surface area contributed by atoms with Gasteiger partial charge in [-0.2, -0.15) is 0 Å². The van der Waals surface area contributed by atoms with Crippen molar-refractivity contribution < 1.29 is 19.1 Å². The molecule has 0 fully saturated rings. The number of nitrogens with zero attached hydrogens (tertiary/aromatic N) is 2. The Bertz CT molecular complexity index is 392. The van der Waals surface area contributed by atoms with Crippen molar-refractivity contribution in [3.05, 3.63) is 36.9 Å². The predicted molar refractivity (Wildman–Crippen MR) is 55.7 cm³/mol. The van der Waals surface area contributed by atoms with Gasteiger partial charge in [0, 0.05) is 24.8 Å². The maximum Gasteiger partial charge on any atom is 0.417 e. The summed E-state index contributed by atoms with van der Waals surface area (Å²) in [5.41, 5.74) is 0. The van der Waals surface area contributed by atoms with Gasteiger partial charge in [0.1, 0.15) is 0 Å². The first kappa shape index (κ1) is 11.8. The highest BCUT2D eigenvalue weighted by molar-refractivity contribution is 5.71. The number of methoxy groups -OCH3 is 2. The van der Waals surface area contributed by atoms with E-state index in [1.807, 2.05) is 0 Å². The first-order chi connectivity index (χ1) is 7.69. The molecule has 0 radical (unpaired) electrons. The second-order valence-electron chi connectivity index (χ2n) is 2.74. The molecule has 16 heavy (non-hydrogen) atoms. The Morgan fingerprint density at radius 1 is 0.812 bits per heavy atom. The van der Waals surface area contributed by atoms with Crippen molar-refractivity contribution in [2.45, 2.75) is 0 Å². The van der Waals surface area contributed by atoms with Gasteiger partial charge in [-0.15, -0.1) is 0 Å². The van der Waals surface area contributed by atoms with Gasteiger partial charge in [0.25, 0.3) is 0 Å². The van der Waals surface area contributed by atoms with Gasteiger partial charge in [-0.1, -0.05) is 0 Å². The van der Waals surface area contributed by atoms with E-state index < -0.39 is 12.2 Å². The third-order valence-electron chi connectivity index (χ3n) is 1.76. The van der Waals surface area contributed by atoms with Gasteiger partial charge in [-0.3, -0.25) is 9.13 Å². The molecule has 1 heterocycles. The third kappa shape index (κ3) is 2.88. The molecule has 0 atom stereocenters. The van der Waals surface area contributed by atoms with Crippen LogP contribution in [0.15, 0.2) is 36.9 Å². The van der Waals surface area contributed by atoms with Crippen molar-refractivity contribution in [2.24, 2.45) is 0 Å². The van der Waals surface area contributed by atoms with Gasteiger partial charge < -0.3 is 9.47 Å². The average molecular weight is 224 g/mol. The SMILES string of the molecule is COC(=O)n1ccccn(C(=O)OC)cc1. The van der Waals surface area contributed by atoms with Crippen LogP contribution in [0.5, 0.6) is 0 Å². The molecule has 0 unspecified atom stereocenters. The molecular formula is C10H12N2O4. The van der Waals surface area contributed by atoms with Crippen LogP contribution in [0, 0.1) is 0 Å². The molecule has 0 N–H and O–H groups in total. The molecule has 0 saturated carbocycles. The lowest BCUT2D eigenvalue weighted by Gasteiger charge is -2.03. The molecule has 1 aromatic heterocycles. The summed E-state index contributed by atoms with van der Waals surface area (Å²) in [6.45, 7) is 0. The Hall–Kier alpha value is -2.24. The highest BCUT2D eigenvalue weighted by atomic mass is 16.5. The summed E-state index contributed by atoms with van der Waals surface area (Å²) in [6, 6.07) is 3.19. The highest BCUT2D eigenvalue weighted by Crippen LogP contribution is 1.91. The number of aromatic nitrogens is 2. The Kier molecular flexibility index (Phi) is 4.14. The maximum atomic E-state index is 11.2. The molecular weight excluding hydrogens is 212 g/mol. The Morgan fingerprint density at radius 2 is 1.19 bits per heavy atom. The summed E-state index contributed by atoms with van der Waals surface area (Å²) < 4.78 is 11.5. The fourth-order valence-corrected chi connectivity index (χ4v) is 0.982. The minimum Gasteiger partial charge on any atom is -0.452 e. The van der Waals surface area contributed by atoms with Crippen LogP contribution in [0.25, 0.3) is 0 Å². The number of carbonyl (C=O) groups is 2. The first-order valence-corrected chi connectivity index (χ1v) is 4.45. The highest BCUT2D eigenvalue weighted by Gasteiger charge is 2.00. The molecule has 86 valence electrons. The molecule has 0 aliphatic heterocycles. The fourth-order valence-electron chi connectivity index (χ4n) is 0.982. The number of hydrogen-bond donors (Lipinski definition) is 0. The molecule has 0 bridgehead atoms. The van der Waals surface area contributed by atoms with Crippen LogP contribution >= 0.6 is 0 Å². The van der Waals surface area contributed by atoms with E-state index >= 15 is 0 Å². The molecule has 6 heteroatoms. The quantitative estimate of drug-likeness (QED) is 0.672. The van der Waals surface area contributed by atoms with Crippen LogP contribution in [-0.2, 0) is 9.47 Å². The summed E-state index contributed by atoms with van der Waals surface area (Å²) in [4.78, 5) is 22.4. The molecule has 1 rings (SSSR count). The third-order valence-corrected chi connectivity index (χ3v) is 1.76. The summed E-state index contributed by atoms with van der Waals surface area (Å²) in [5, 5.41) is 0. The Morgan fingerprint density at radius 3 is 1.50 bits per heavy atom. The zero-order valence-electron chi connectivity index (χ0n) is 8.99. The fraction of sp³-hybridized carbons (Fsp3) is 0.200. The molecule has 0 aliphatic carbocycles. The monoisotopic (exact) mass is 224 g/mol. The van der Waals surface area contributed by atoms with Crippen molar-refractivity contribution in [2.75, 3.05) is 14.2 Å². The Balaban J connectivity index is 3.16. The topological polar surface area (TPSA) is 62.5 Å². The van der Waals surface area contributed by atoms with E-state index in [0.29, 0.717) is 0 Å². The molecule has 0 aromatic carbocycles. The minimum absolute atomic E-state index is 0.549. The maximum absolute atomic E-state index is 11.2. The minimum atomic E-state index is -0.549. The van der Waals surface area contributed by atoms with E-state index in [2.05, 4.69) is 9.47 Å². The first-order valence-electron chi connectivity index (χ1n) is 4.45. The van der Waals surface area contributed by atoms with Crippen molar-refractivity contribution in [1.82, 2.24) is 9.13 Å². The summed E-state index contributed by atoms with van der Waals surface area (Å²) in [6.07, 6.45) is 4.70. The van der Waals surface area contributed by atoms with Crippen LogP contribution in [-0.4, -0.2) is 35.5 Å². The second kappa shape index (κ2) is 5.59. The normalized spacial score (nSPS) is 9.12. The second-order valence-corrected chi connectivity index (χ2v) is 2.74. The lowest BCUT2D eigenvalue weighted by atomic mass is 10.6. The van der Waals surface area contributed by atoms with Crippen LogP contribution in [0.4, 0.5) is 9.59 Å². The van der Waals surface area contributed by atoms with E-state index in [1.54, 1.807) is 12.1 Å². The van der Waals surface area contributed by atoms with Crippen molar-refractivity contribution in [3.8, 4) is 0 Å². The zero-order valence-corrected chi connectivity index (χ0v) is 8.99. The zero-order chi connectivity index (χ0) is 12.0. The van der Waals surface area contributed by atoms with Crippen LogP contribution in [0.1, 0.15) is 0 Å². The van der Waals surface area contributed by atoms with E-state index in [0.717, 1.165) is 0 Å². The van der Waals surface area contributed by atoms with E-state index in [9.17, 15) is 9.59 Å². The average Bonchev–Trinajstić information content (AvgIpc) is 2.27. The number of rotatable bonds is 0. The molecule has 1 aromatic rings. The van der Waals surface area contributed by atoms with Gasteiger partial charge in [0.05, 0.1) is 14.2 Å². The van der Waals surface area contributed by atoms with Gasteiger partial charge >= 0.3 is 12.2 Å². The predicted octanol–water partition coefficient (Wildman–Crippen LogP) is 1.64. The van der Waals surface area contributed by atoms with Gasteiger partial charge in [0.15, 0.2) is 0 Å². The van der Waals surface area contributed by atoms with Gasteiger partial charge in [-0.05, 0) is 12.1 Å². The van der Waals surface area contributed by atoms with Gasteiger partial charge in [0.2, 0.25) is 0 Å². The van der Waals surface area contributed by atoms with Crippen LogP contribution < -0.4 is 0 Å². The lowest BCUT2D eigenvalue weighted by molar-refractivity contribution is 0.170.